The van der Waals surface area contributed by atoms with Crippen molar-refractivity contribution >= 4 is 0 Å². The largest absolute Gasteiger partial charge is 0.491 e. The Labute approximate surface area is 149 Å². The summed E-state index contributed by atoms with van der Waals surface area (Å²) in [4.78, 5) is 0. The lowest BCUT2D eigenvalue weighted by Gasteiger charge is -2.29. The second kappa shape index (κ2) is 7.99. The normalized spacial score (nSPS) is 20.5. The third kappa shape index (κ3) is 3.70. The predicted molar refractivity (Wildman–Crippen MR) is 98.0 cm³/mol. The first-order chi connectivity index (χ1) is 12.2. The summed E-state index contributed by atoms with van der Waals surface area (Å²) in [6, 6.07) is 11.0. The minimum absolute atomic E-state index is 0.0234. The summed E-state index contributed by atoms with van der Waals surface area (Å²) in [5.74, 6) is -0.509. The quantitative estimate of drug-likeness (QED) is 0.585. The van der Waals surface area contributed by atoms with Crippen LogP contribution in [0.25, 0.3) is 11.1 Å². The van der Waals surface area contributed by atoms with Crippen LogP contribution in [0, 0.1) is 17.6 Å². The van der Waals surface area contributed by atoms with E-state index in [0.717, 1.165) is 29.9 Å². The topological polar surface area (TPSA) is 9.23 Å². The van der Waals surface area contributed by atoms with E-state index in [4.69, 9.17) is 4.74 Å². The molecule has 0 atom stereocenters. The molecule has 1 nitrogen and oxygen atoms in total. The third-order valence-electron chi connectivity index (χ3n) is 5.46. The van der Waals surface area contributed by atoms with Crippen molar-refractivity contribution < 1.29 is 13.5 Å². The van der Waals surface area contributed by atoms with Gasteiger partial charge >= 0.3 is 0 Å². The fourth-order valence-electron chi connectivity index (χ4n) is 3.99. The zero-order chi connectivity index (χ0) is 17.8. The van der Waals surface area contributed by atoms with Crippen molar-refractivity contribution in [1.29, 1.82) is 0 Å². The molecule has 2 aromatic rings. The number of benzene rings is 2. The maximum atomic E-state index is 14.7. The molecular weight excluding hydrogens is 318 g/mol. The molecule has 1 aliphatic rings. The Morgan fingerprint density at radius 2 is 1.60 bits per heavy atom. The first-order valence-electron chi connectivity index (χ1n) is 9.35. The van der Waals surface area contributed by atoms with Crippen LogP contribution in [0.2, 0.25) is 0 Å². The molecule has 0 aliphatic heterocycles. The number of rotatable bonds is 5. The summed E-state index contributed by atoms with van der Waals surface area (Å²) in [6.07, 6.45) is 5.91. The molecule has 1 saturated carbocycles. The van der Waals surface area contributed by atoms with Gasteiger partial charge < -0.3 is 4.74 Å². The van der Waals surface area contributed by atoms with Gasteiger partial charge in [-0.3, -0.25) is 0 Å². The highest BCUT2D eigenvalue weighted by molar-refractivity contribution is 5.69. The van der Waals surface area contributed by atoms with Crippen molar-refractivity contribution in [3.63, 3.8) is 0 Å². The number of ether oxygens (including phenoxy) is 1. The standard InChI is InChI=1S/C22H26F2O/c1-3-15-9-11-16(12-10-15)17-7-5-6-8-18(17)19-13-14-20(25-4-2)22(24)21(19)23/h5-8,13-16H,3-4,9-12H2,1-2H3. The SMILES string of the molecule is CCOc1ccc(-c2ccccc2C2CCC(CC)CC2)c(F)c1F. The Bertz CT molecular complexity index is 718. The van der Waals surface area contributed by atoms with Gasteiger partial charge in [-0.15, -0.1) is 0 Å². The summed E-state index contributed by atoms with van der Waals surface area (Å²) in [6.45, 7) is 4.32. The highest BCUT2D eigenvalue weighted by Gasteiger charge is 2.25. The molecule has 134 valence electrons. The Hall–Kier alpha value is -1.90. The van der Waals surface area contributed by atoms with Gasteiger partial charge in [-0.05, 0) is 67.7 Å². The van der Waals surface area contributed by atoms with Gasteiger partial charge in [-0.1, -0.05) is 37.6 Å². The van der Waals surface area contributed by atoms with Crippen LogP contribution < -0.4 is 4.74 Å². The maximum Gasteiger partial charge on any atom is 0.201 e. The highest BCUT2D eigenvalue weighted by Crippen LogP contribution is 2.41. The lowest BCUT2D eigenvalue weighted by atomic mass is 9.76. The van der Waals surface area contributed by atoms with Crippen molar-refractivity contribution in [3.8, 4) is 16.9 Å². The molecule has 3 rings (SSSR count). The molecule has 0 heterocycles. The molecule has 0 N–H and O–H groups in total. The van der Waals surface area contributed by atoms with Gasteiger partial charge in [-0.25, -0.2) is 4.39 Å². The van der Waals surface area contributed by atoms with Crippen LogP contribution >= 0.6 is 0 Å². The first-order valence-corrected chi connectivity index (χ1v) is 9.35. The minimum atomic E-state index is -0.899. The number of hydrogen-bond acceptors (Lipinski definition) is 1. The summed E-state index contributed by atoms with van der Waals surface area (Å²) < 4.78 is 34.1. The van der Waals surface area contributed by atoms with Gasteiger partial charge in [0, 0.05) is 5.56 Å². The van der Waals surface area contributed by atoms with E-state index in [1.54, 1.807) is 13.0 Å². The smallest absolute Gasteiger partial charge is 0.201 e. The lowest BCUT2D eigenvalue weighted by molar-refractivity contribution is 0.314. The van der Waals surface area contributed by atoms with E-state index in [0.29, 0.717) is 18.1 Å². The average molecular weight is 344 g/mol. The van der Waals surface area contributed by atoms with Gasteiger partial charge in [0.1, 0.15) is 0 Å². The minimum Gasteiger partial charge on any atom is -0.491 e. The van der Waals surface area contributed by atoms with Crippen LogP contribution in [0.1, 0.15) is 57.4 Å². The van der Waals surface area contributed by atoms with Crippen molar-refractivity contribution in [2.45, 2.75) is 51.9 Å². The van der Waals surface area contributed by atoms with E-state index >= 15 is 0 Å². The predicted octanol–water partition coefficient (Wildman–Crippen LogP) is 6.71. The molecule has 2 aromatic carbocycles. The Balaban J connectivity index is 1.95. The van der Waals surface area contributed by atoms with Crippen molar-refractivity contribution in [1.82, 2.24) is 0 Å². The first kappa shape index (κ1) is 17.9. The second-order valence-corrected chi connectivity index (χ2v) is 6.89. The van der Waals surface area contributed by atoms with Crippen LogP contribution in [0.15, 0.2) is 36.4 Å². The molecule has 0 aromatic heterocycles. The van der Waals surface area contributed by atoms with E-state index in [9.17, 15) is 8.78 Å². The zero-order valence-corrected chi connectivity index (χ0v) is 15.0. The van der Waals surface area contributed by atoms with Crippen molar-refractivity contribution in [2.24, 2.45) is 5.92 Å². The van der Waals surface area contributed by atoms with Crippen molar-refractivity contribution in [2.75, 3.05) is 6.61 Å². The Kier molecular flexibility index (Phi) is 5.72. The third-order valence-corrected chi connectivity index (χ3v) is 5.46. The van der Waals surface area contributed by atoms with E-state index in [-0.39, 0.29) is 5.75 Å². The summed E-state index contributed by atoms with van der Waals surface area (Å²) in [7, 11) is 0. The molecule has 0 radical (unpaired) electrons. The molecule has 0 saturated heterocycles. The van der Waals surface area contributed by atoms with Crippen LogP contribution in [0.5, 0.6) is 5.75 Å². The molecule has 3 heteroatoms. The van der Waals surface area contributed by atoms with Crippen LogP contribution in [-0.4, -0.2) is 6.61 Å². The average Bonchev–Trinajstić information content (AvgIpc) is 2.66. The van der Waals surface area contributed by atoms with E-state index in [1.165, 1.54) is 25.3 Å². The summed E-state index contributed by atoms with van der Waals surface area (Å²) in [5, 5.41) is 0. The summed E-state index contributed by atoms with van der Waals surface area (Å²) in [5.41, 5.74) is 2.27. The number of halogens is 2. The Morgan fingerprint density at radius 3 is 2.28 bits per heavy atom. The highest BCUT2D eigenvalue weighted by atomic mass is 19.2. The molecule has 1 fully saturated rings. The van der Waals surface area contributed by atoms with E-state index in [2.05, 4.69) is 13.0 Å². The van der Waals surface area contributed by atoms with Gasteiger partial charge in [0.15, 0.2) is 11.6 Å². The summed E-state index contributed by atoms with van der Waals surface area (Å²) >= 11 is 0. The van der Waals surface area contributed by atoms with Crippen LogP contribution in [0.3, 0.4) is 0 Å². The van der Waals surface area contributed by atoms with Gasteiger partial charge in [0.25, 0.3) is 0 Å². The molecule has 25 heavy (non-hydrogen) atoms. The van der Waals surface area contributed by atoms with E-state index < -0.39 is 11.6 Å². The fourth-order valence-corrected chi connectivity index (χ4v) is 3.99. The number of hydrogen-bond donors (Lipinski definition) is 0. The molecule has 0 bridgehead atoms. The van der Waals surface area contributed by atoms with E-state index in [1.807, 2.05) is 18.2 Å². The van der Waals surface area contributed by atoms with Gasteiger partial charge in [0.05, 0.1) is 6.61 Å². The molecule has 0 amide bonds. The molecule has 1 aliphatic carbocycles. The molecular formula is C22H26F2O. The van der Waals surface area contributed by atoms with Gasteiger partial charge in [0.2, 0.25) is 5.82 Å². The molecule has 0 spiro atoms. The van der Waals surface area contributed by atoms with Gasteiger partial charge in [-0.2, -0.15) is 4.39 Å². The fraction of sp³-hybridized carbons (Fsp3) is 0.455. The Morgan fingerprint density at radius 1 is 0.880 bits per heavy atom. The maximum absolute atomic E-state index is 14.7. The zero-order valence-electron chi connectivity index (χ0n) is 15.0. The second-order valence-electron chi connectivity index (χ2n) is 6.89. The van der Waals surface area contributed by atoms with Crippen molar-refractivity contribution in [3.05, 3.63) is 53.6 Å². The lowest BCUT2D eigenvalue weighted by Crippen LogP contribution is -2.13. The molecule has 0 unspecified atom stereocenters. The van der Waals surface area contributed by atoms with Crippen LogP contribution in [-0.2, 0) is 0 Å². The monoisotopic (exact) mass is 344 g/mol. The van der Waals surface area contributed by atoms with Crippen LogP contribution in [0.4, 0.5) is 8.78 Å².